The Balaban J connectivity index is 2.24. The topological polar surface area (TPSA) is 66.8 Å². The molecule has 0 unspecified atom stereocenters. The molecule has 1 rings (SSSR count). The Bertz CT molecular complexity index is 265. The van der Waals surface area contributed by atoms with E-state index in [1.165, 1.54) is 0 Å². The van der Waals surface area contributed by atoms with E-state index in [0.29, 0.717) is 6.42 Å². The molecule has 0 saturated carbocycles. The summed E-state index contributed by atoms with van der Waals surface area (Å²) in [6.45, 7) is 0.0603. The maximum atomic E-state index is 10.2. The minimum Gasteiger partial charge on any atom is -0.303 e. The second kappa shape index (κ2) is 4.16. The van der Waals surface area contributed by atoms with Gasteiger partial charge < -0.3 is 9.79 Å². The molecule has 0 atom stereocenters. The zero-order valence-electron chi connectivity index (χ0n) is 6.21. The number of thiophene rings is 1. The van der Waals surface area contributed by atoms with Crippen LogP contribution >= 0.6 is 19.2 Å². The van der Waals surface area contributed by atoms with Gasteiger partial charge in [0.25, 0.3) is 0 Å². The number of rotatable bonds is 4. The van der Waals surface area contributed by atoms with Gasteiger partial charge in [-0.15, -0.1) is 11.3 Å². The molecule has 68 valence electrons. The molecule has 1 aromatic rings. The van der Waals surface area contributed by atoms with Crippen LogP contribution in [0.25, 0.3) is 0 Å². The summed E-state index contributed by atoms with van der Waals surface area (Å²) in [6.07, 6.45) is 0.544. The SMILES string of the molecule is O=P(O)(O)OCCc1cccs1. The second-order valence-electron chi connectivity index (χ2n) is 2.15. The summed E-state index contributed by atoms with van der Waals surface area (Å²) in [5.74, 6) is 0. The maximum Gasteiger partial charge on any atom is 0.469 e. The lowest BCUT2D eigenvalue weighted by Gasteiger charge is -2.02. The molecule has 0 aliphatic carbocycles. The zero-order valence-corrected chi connectivity index (χ0v) is 7.92. The Kier molecular flexibility index (Phi) is 3.43. The molecule has 0 fully saturated rings. The largest absolute Gasteiger partial charge is 0.469 e. The van der Waals surface area contributed by atoms with Gasteiger partial charge >= 0.3 is 7.82 Å². The Labute approximate surface area is 74.1 Å². The second-order valence-corrected chi connectivity index (χ2v) is 4.42. The molecule has 2 N–H and O–H groups in total. The highest BCUT2D eigenvalue weighted by Gasteiger charge is 2.12. The van der Waals surface area contributed by atoms with Crippen molar-refractivity contribution in [3.63, 3.8) is 0 Å². The van der Waals surface area contributed by atoms with E-state index >= 15 is 0 Å². The average Bonchev–Trinajstić information content (AvgIpc) is 2.36. The van der Waals surface area contributed by atoms with E-state index in [1.54, 1.807) is 11.3 Å². The molecule has 0 aliphatic rings. The normalized spacial score (nSPS) is 11.8. The van der Waals surface area contributed by atoms with E-state index in [0.717, 1.165) is 4.88 Å². The first kappa shape index (κ1) is 9.89. The lowest BCUT2D eigenvalue weighted by Crippen LogP contribution is -1.94. The van der Waals surface area contributed by atoms with Gasteiger partial charge in [0.05, 0.1) is 6.61 Å². The summed E-state index contributed by atoms with van der Waals surface area (Å²) in [6, 6.07) is 3.78. The monoisotopic (exact) mass is 208 g/mol. The standard InChI is InChI=1S/C6H9O4PS/c7-11(8,9)10-4-3-6-2-1-5-12-6/h1-2,5H,3-4H2,(H2,7,8,9). The molecular weight excluding hydrogens is 199 g/mol. The fourth-order valence-electron chi connectivity index (χ4n) is 0.720. The van der Waals surface area contributed by atoms with Crippen LogP contribution in [0, 0.1) is 0 Å². The summed E-state index contributed by atoms with van der Waals surface area (Å²) in [4.78, 5) is 17.7. The molecule has 6 heteroatoms. The van der Waals surface area contributed by atoms with Crippen molar-refractivity contribution in [2.45, 2.75) is 6.42 Å². The zero-order chi connectivity index (χ0) is 9.03. The third kappa shape index (κ3) is 3.99. The van der Waals surface area contributed by atoms with Gasteiger partial charge in [-0.2, -0.15) is 0 Å². The third-order valence-corrected chi connectivity index (χ3v) is 2.64. The first-order valence-corrected chi connectivity index (χ1v) is 5.71. The van der Waals surface area contributed by atoms with Crippen LogP contribution in [0.3, 0.4) is 0 Å². The van der Waals surface area contributed by atoms with Gasteiger partial charge in [-0.3, -0.25) is 4.52 Å². The van der Waals surface area contributed by atoms with Gasteiger partial charge in [0.15, 0.2) is 0 Å². The van der Waals surface area contributed by atoms with E-state index in [-0.39, 0.29) is 6.61 Å². The molecular formula is C6H9O4PS. The van der Waals surface area contributed by atoms with Crippen molar-refractivity contribution in [3.8, 4) is 0 Å². The van der Waals surface area contributed by atoms with Crippen LogP contribution in [0.4, 0.5) is 0 Å². The number of hydrogen-bond donors (Lipinski definition) is 2. The molecule has 0 radical (unpaired) electrons. The minimum absolute atomic E-state index is 0.0603. The van der Waals surface area contributed by atoms with Crippen molar-refractivity contribution in [1.82, 2.24) is 0 Å². The Morgan fingerprint density at radius 2 is 2.33 bits per heavy atom. The minimum atomic E-state index is -4.28. The van der Waals surface area contributed by atoms with Crippen molar-refractivity contribution >= 4 is 19.2 Å². The first-order chi connectivity index (χ1) is 5.58. The van der Waals surface area contributed by atoms with Crippen LogP contribution in [-0.4, -0.2) is 16.4 Å². The van der Waals surface area contributed by atoms with Crippen LogP contribution in [0.15, 0.2) is 17.5 Å². The van der Waals surface area contributed by atoms with Crippen molar-refractivity contribution in [2.24, 2.45) is 0 Å². The Hall–Kier alpha value is -0.190. The molecule has 0 spiro atoms. The summed E-state index contributed by atoms with van der Waals surface area (Å²) >= 11 is 1.54. The highest BCUT2D eigenvalue weighted by molar-refractivity contribution is 7.46. The van der Waals surface area contributed by atoms with Crippen LogP contribution in [-0.2, 0) is 15.5 Å². The molecule has 0 saturated heterocycles. The van der Waals surface area contributed by atoms with E-state index in [1.807, 2.05) is 17.5 Å². The van der Waals surface area contributed by atoms with Crippen LogP contribution < -0.4 is 0 Å². The van der Waals surface area contributed by atoms with Gasteiger partial charge in [-0.25, -0.2) is 4.57 Å². The van der Waals surface area contributed by atoms with Gasteiger partial charge in [0.2, 0.25) is 0 Å². The summed E-state index contributed by atoms with van der Waals surface area (Å²) in [5, 5.41) is 1.91. The summed E-state index contributed by atoms with van der Waals surface area (Å²) in [7, 11) is -4.28. The molecule has 0 bridgehead atoms. The van der Waals surface area contributed by atoms with Gasteiger partial charge in [0.1, 0.15) is 0 Å². The van der Waals surface area contributed by atoms with Gasteiger partial charge in [0, 0.05) is 11.3 Å². The summed E-state index contributed by atoms with van der Waals surface area (Å²) in [5.41, 5.74) is 0. The third-order valence-electron chi connectivity index (χ3n) is 1.19. The predicted molar refractivity (Wildman–Crippen MR) is 46.0 cm³/mol. The van der Waals surface area contributed by atoms with E-state index in [4.69, 9.17) is 9.79 Å². The fraction of sp³-hybridized carbons (Fsp3) is 0.333. The van der Waals surface area contributed by atoms with Crippen molar-refractivity contribution in [1.29, 1.82) is 0 Å². The predicted octanol–water partition coefficient (Wildman–Crippen LogP) is 1.40. The number of hydrogen-bond acceptors (Lipinski definition) is 3. The lowest BCUT2D eigenvalue weighted by atomic mass is 10.4. The molecule has 0 amide bonds. The molecule has 0 aliphatic heterocycles. The number of phosphoric ester groups is 1. The number of phosphoric acid groups is 1. The van der Waals surface area contributed by atoms with Crippen LogP contribution in [0.5, 0.6) is 0 Å². The van der Waals surface area contributed by atoms with E-state index in [9.17, 15) is 4.57 Å². The van der Waals surface area contributed by atoms with E-state index < -0.39 is 7.82 Å². The fourth-order valence-corrected chi connectivity index (χ4v) is 1.74. The Morgan fingerprint density at radius 3 is 2.83 bits per heavy atom. The van der Waals surface area contributed by atoms with Crippen molar-refractivity contribution in [3.05, 3.63) is 22.4 Å². The van der Waals surface area contributed by atoms with Crippen LogP contribution in [0.1, 0.15) is 4.88 Å². The highest BCUT2D eigenvalue weighted by atomic mass is 32.1. The Morgan fingerprint density at radius 1 is 1.58 bits per heavy atom. The average molecular weight is 208 g/mol. The summed E-state index contributed by atoms with van der Waals surface area (Å²) < 4.78 is 14.5. The molecule has 1 aromatic heterocycles. The molecule has 1 heterocycles. The van der Waals surface area contributed by atoms with Gasteiger partial charge in [-0.1, -0.05) is 6.07 Å². The van der Waals surface area contributed by atoms with Crippen LogP contribution in [0.2, 0.25) is 0 Å². The molecule has 4 nitrogen and oxygen atoms in total. The lowest BCUT2D eigenvalue weighted by molar-refractivity contribution is 0.199. The van der Waals surface area contributed by atoms with E-state index in [2.05, 4.69) is 4.52 Å². The van der Waals surface area contributed by atoms with Gasteiger partial charge in [-0.05, 0) is 11.4 Å². The maximum absolute atomic E-state index is 10.2. The molecule has 12 heavy (non-hydrogen) atoms. The quantitative estimate of drug-likeness (QED) is 0.734. The molecule has 0 aromatic carbocycles. The van der Waals surface area contributed by atoms with Crippen molar-refractivity contribution < 1.29 is 18.9 Å². The smallest absolute Gasteiger partial charge is 0.303 e. The highest BCUT2D eigenvalue weighted by Crippen LogP contribution is 2.35. The van der Waals surface area contributed by atoms with Crippen molar-refractivity contribution in [2.75, 3.05) is 6.61 Å². The first-order valence-electron chi connectivity index (χ1n) is 3.30.